The Balaban J connectivity index is 1.74. The number of carbonyl (C=O) groups is 2. The Morgan fingerprint density at radius 3 is 2.41 bits per heavy atom. The lowest BCUT2D eigenvalue weighted by atomic mass is 9.66. The van der Waals surface area contributed by atoms with E-state index in [0.717, 1.165) is 25.7 Å². The Hall–Kier alpha value is -1.52. The van der Waals surface area contributed by atoms with Crippen LogP contribution in [0.1, 0.15) is 58.3 Å². The van der Waals surface area contributed by atoms with Crippen molar-refractivity contribution in [3.63, 3.8) is 0 Å². The van der Waals surface area contributed by atoms with Gasteiger partial charge in [0.25, 0.3) is 0 Å². The summed E-state index contributed by atoms with van der Waals surface area (Å²) in [5.74, 6) is 0.0909. The summed E-state index contributed by atoms with van der Waals surface area (Å²) in [7, 11) is 0. The monoisotopic (exact) mass is 309 g/mol. The molecule has 0 aromatic carbocycles. The van der Waals surface area contributed by atoms with E-state index >= 15 is 0 Å². The van der Waals surface area contributed by atoms with Crippen LogP contribution >= 0.6 is 0 Å². The van der Waals surface area contributed by atoms with Crippen molar-refractivity contribution in [2.24, 2.45) is 5.92 Å². The molecule has 2 aliphatic carbocycles. The van der Waals surface area contributed by atoms with Gasteiger partial charge < -0.3 is 14.8 Å². The predicted molar refractivity (Wildman–Crippen MR) is 83.4 cm³/mol. The second kappa shape index (κ2) is 7.65. The molecule has 2 rings (SSSR count). The molecule has 0 aromatic heterocycles. The molecule has 2 saturated carbocycles. The van der Waals surface area contributed by atoms with Crippen LogP contribution in [0.3, 0.4) is 0 Å². The largest absolute Gasteiger partial charge is 0.460 e. The van der Waals surface area contributed by atoms with E-state index in [4.69, 9.17) is 9.47 Å². The average Bonchev–Trinajstić information content (AvgIpc) is 2.42. The van der Waals surface area contributed by atoms with Crippen LogP contribution in [0.15, 0.2) is 12.2 Å². The number of esters is 1. The number of hydrogen-bond donors (Lipinski definition) is 1. The molecule has 22 heavy (non-hydrogen) atoms. The molecule has 0 aliphatic heterocycles. The number of nitrogens with one attached hydrogen (secondary N) is 1. The molecule has 5 heteroatoms. The molecular weight excluding hydrogens is 282 g/mol. The highest BCUT2D eigenvalue weighted by Crippen LogP contribution is 2.46. The molecule has 0 atom stereocenters. The first kappa shape index (κ1) is 16.8. The minimum absolute atomic E-state index is 0.136. The van der Waals surface area contributed by atoms with E-state index in [1.165, 1.54) is 25.7 Å². The molecule has 2 fully saturated rings. The van der Waals surface area contributed by atoms with Crippen molar-refractivity contribution in [3.05, 3.63) is 12.2 Å². The maximum absolute atomic E-state index is 12.0. The number of rotatable bonds is 6. The fraction of sp³-hybridized carbons (Fsp3) is 0.765. The van der Waals surface area contributed by atoms with Gasteiger partial charge in [0, 0.05) is 5.57 Å². The van der Waals surface area contributed by atoms with Gasteiger partial charge >= 0.3 is 12.1 Å². The quantitative estimate of drug-likeness (QED) is 0.464. The molecule has 124 valence electrons. The third-order valence-electron chi connectivity index (χ3n) is 4.80. The Kier molecular flexibility index (Phi) is 5.86. The SMILES string of the molecule is C=C(C)C(=O)OCCNC(=O)OC1(C2CCC2)CCCCC1. The van der Waals surface area contributed by atoms with E-state index < -0.39 is 5.97 Å². The van der Waals surface area contributed by atoms with Crippen molar-refractivity contribution in [1.82, 2.24) is 5.32 Å². The lowest BCUT2D eigenvalue weighted by molar-refractivity contribution is -0.138. The van der Waals surface area contributed by atoms with Gasteiger partial charge in [-0.15, -0.1) is 0 Å². The maximum atomic E-state index is 12.0. The fourth-order valence-electron chi connectivity index (χ4n) is 3.32. The average molecular weight is 309 g/mol. The van der Waals surface area contributed by atoms with E-state index in [-0.39, 0.29) is 24.8 Å². The van der Waals surface area contributed by atoms with Gasteiger partial charge in [-0.3, -0.25) is 0 Å². The third-order valence-corrected chi connectivity index (χ3v) is 4.80. The van der Waals surface area contributed by atoms with Gasteiger partial charge in [0.15, 0.2) is 0 Å². The summed E-state index contributed by atoms with van der Waals surface area (Å²) in [6, 6.07) is 0. The fourth-order valence-corrected chi connectivity index (χ4v) is 3.32. The van der Waals surface area contributed by atoms with Gasteiger partial charge in [0.1, 0.15) is 12.2 Å². The topological polar surface area (TPSA) is 64.6 Å². The van der Waals surface area contributed by atoms with E-state index in [1.807, 2.05) is 0 Å². The van der Waals surface area contributed by atoms with Gasteiger partial charge in [0.2, 0.25) is 0 Å². The van der Waals surface area contributed by atoms with Crippen molar-refractivity contribution in [2.75, 3.05) is 13.2 Å². The molecule has 0 radical (unpaired) electrons. The smallest absolute Gasteiger partial charge is 0.407 e. The Labute approximate surface area is 132 Å². The van der Waals surface area contributed by atoms with Crippen LogP contribution in [-0.2, 0) is 14.3 Å². The van der Waals surface area contributed by atoms with Crippen molar-refractivity contribution in [3.8, 4) is 0 Å². The Morgan fingerprint density at radius 1 is 1.18 bits per heavy atom. The summed E-state index contributed by atoms with van der Waals surface area (Å²) in [5.41, 5.74) is 0.100. The van der Waals surface area contributed by atoms with Crippen molar-refractivity contribution in [1.29, 1.82) is 0 Å². The van der Waals surface area contributed by atoms with E-state index in [9.17, 15) is 9.59 Å². The number of hydrogen-bond acceptors (Lipinski definition) is 4. The molecule has 0 unspecified atom stereocenters. The second-order valence-electron chi connectivity index (χ2n) is 6.49. The molecule has 1 amide bonds. The summed E-state index contributed by atoms with van der Waals surface area (Å²) in [6.45, 7) is 5.50. The number of amides is 1. The molecule has 5 nitrogen and oxygen atoms in total. The zero-order valence-electron chi connectivity index (χ0n) is 13.5. The molecule has 0 heterocycles. The minimum atomic E-state index is -0.437. The van der Waals surface area contributed by atoms with Crippen molar-refractivity contribution in [2.45, 2.75) is 63.9 Å². The van der Waals surface area contributed by atoms with Gasteiger partial charge in [-0.2, -0.15) is 0 Å². The van der Waals surface area contributed by atoms with Crippen LogP contribution in [-0.4, -0.2) is 30.8 Å². The van der Waals surface area contributed by atoms with Crippen LogP contribution in [0, 0.1) is 5.92 Å². The predicted octanol–water partition coefficient (Wildman–Crippen LogP) is 3.33. The molecule has 0 bridgehead atoms. The van der Waals surface area contributed by atoms with Crippen LogP contribution < -0.4 is 5.32 Å². The summed E-state index contributed by atoms with van der Waals surface area (Å²) in [6.07, 6.45) is 8.67. The van der Waals surface area contributed by atoms with Crippen molar-refractivity contribution < 1.29 is 19.1 Å². The minimum Gasteiger partial charge on any atom is -0.460 e. The van der Waals surface area contributed by atoms with E-state index in [0.29, 0.717) is 11.5 Å². The summed E-state index contributed by atoms with van der Waals surface area (Å²) in [5, 5.41) is 2.68. The number of ether oxygens (including phenoxy) is 2. The normalized spacial score (nSPS) is 20.6. The first-order chi connectivity index (χ1) is 10.5. The maximum Gasteiger partial charge on any atom is 0.407 e. The summed E-state index contributed by atoms with van der Waals surface area (Å²) >= 11 is 0. The Morgan fingerprint density at radius 2 is 1.86 bits per heavy atom. The number of alkyl carbamates (subject to hydrolysis) is 1. The van der Waals surface area contributed by atoms with Gasteiger partial charge in [0.05, 0.1) is 6.54 Å². The number of carbonyl (C=O) groups excluding carboxylic acids is 2. The lowest BCUT2D eigenvalue weighted by Gasteiger charge is -2.46. The highest BCUT2D eigenvalue weighted by atomic mass is 16.6. The molecule has 0 saturated heterocycles. The van der Waals surface area contributed by atoms with E-state index in [2.05, 4.69) is 11.9 Å². The zero-order chi connectivity index (χ0) is 16.0. The highest BCUT2D eigenvalue weighted by molar-refractivity contribution is 5.86. The van der Waals surface area contributed by atoms with Gasteiger partial charge in [-0.1, -0.05) is 19.4 Å². The zero-order valence-corrected chi connectivity index (χ0v) is 13.5. The van der Waals surface area contributed by atoms with Gasteiger partial charge in [-0.05, 0) is 51.4 Å². The summed E-state index contributed by atoms with van der Waals surface area (Å²) in [4.78, 5) is 23.3. The van der Waals surface area contributed by atoms with Crippen LogP contribution in [0.5, 0.6) is 0 Å². The molecule has 2 aliphatic rings. The van der Waals surface area contributed by atoms with Crippen LogP contribution in [0.25, 0.3) is 0 Å². The lowest BCUT2D eigenvalue weighted by Crippen LogP contribution is -2.49. The van der Waals surface area contributed by atoms with Crippen molar-refractivity contribution >= 4 is 12.1 Å². The third kappa shape index (κ3) is 4.24. The molecule has 0 aromatic rings. The second-order valence-corrected chi connectivity index (χ2v) is 6.49. The van der Waals surface area contributed by atoms with Gasteiger partial charge in [-0.25, -0.2) is 9.59 Å². The van der Waals surface area contributed by atoms with E-state index in [1.54, 1.807) is 6.92 Å². The highest BCUT2D eigenvalue weighted by Gasteiger charge is 2.45. The van der Waals surface area contributed by atoms with Crippen LogP contribution in [0.2, 0.25) is 0 Å². The van der Waals surface area contributed by atoms with Crippen LogP contribution in [0.4, 0.5) is 4.79 Å². The standard InChI is InChI=1S/C17H27NO4/c1-13(2)15(19)21-12-11-18-16(20)22-17(14-7-6-8-14)9-4-3-5-10-17/h14H,1,3-12H2,2H3,(H,18,20). The first-order valence-corrected chi connectivity index (χ1v) is 8.33. The first-order valence-electron chi connectivity index (χ1n) is 8.33. The molecular formula is C17H27NO4. The Bertz CT molecular complexity index is 422. The summed E-state index contributed by atoms with van der Waals surface area (Å²) < 4.78 is 10.8. The molecule has 1 N–H and O–H groups in total. The molecule has 0 spiro atoms.